The fourth-order valence-corrected chi connectivity index (χ4v) is 11.8. The monoisotopic (exact) mass is 587 g/mol. The third-order valence-electron chi connectivity index (χ3n) is 14.3. The van der Waals surface area contributed by atoms with E-state index in [9.17, 15) is 14.4 Å². The molecule has 5 aliphatic carbocycles. The van der Waals surface area contributed by atoms with Crippen molar-refractivity contribution in [3.63, 3.8) is 0 Å². The number of allylic oxidation sites excluding steroid dienone is 2. The third kappa shape index (κ3) is 4.18. The van der Waals surface area contributed by atoms with Crippen LogP contribution in [0.4, 0.5) is 5.69 Å². The zero-order chi connectivity index (χ0) is 31.2. The Labute approximate surface area is 259 Å². The van der Waals surface area contributed by atoms with Gasteiger partial charge in [0.1, 0.15) is 0 Å². The van der Waals surface area contributed by atoms with Crippen LogP contribution in [0.1, 0.15) is 106 Å². The number of fused-ring (bicyclic) bond motifs is 7. The predicted molar refractivity (Wildman–Crippen MR) is 170 cm³/mol. The molecular weight excluding hydrogens is 534 g/mol. The van der Waals surface area contributed by atoms with Crippen LogP contribution < -0.4 is 5.32 Å². The standard InChI is InChI=1S/C38H53NO4/c1-33(2)18-20-38(32(42)43-8)21-19-36(6)26(27(38)23-33)14-15-29-35(5)22-25(31(41)39-24-12-10-9-11-13-24)30(40)34(3,4)28(35)16-17-37(29,36)7/h9-14,25,27-29H,15-23H2,1-8H3,(H,39,41)/t25?,27-,28-,29+,35-,36+,37+,38-/m0/s1. The molecule has 1 N–H and O–H groups in total. The van der Waals surface area contributed by atoms with Crippen molar-refractivity contribution in [1.82, 2.24) is 0 Å². The molecule has 0 radical (unpaired) electrons. The molecule has 0 bridgehead atoms. The zero-order valence-electron chi connectivity index (χ0n) is 27.8. The minimum Gasteiger partial charge on any atom is -0.469 e. The van der Waals surface area contributed by atoms with E-state index in [1.54, 1.807) is 7.11 Å². The molecule has 1 aromatic rings. The number of ether oxygens (including phenoxy) is 1. The Bertz CT molecular complexity index is 1360. The number of carbonyl (C=O) groups is 3. The Morgan fingerprint density at radius 3 is 2.21 bits per heavy atom. The molecule has 4 saturated carbocycles. The predicted octanol–water partition coefficient (Wildman–Crippen LogP) is 8.40. The van der Waals surface area contributed by atoms with Gasteiger partial charge in [-0.3, -0.25) is 14.4 Å². The van der Waals surface area contributed by atoms with Crippen molar-refractivity contribution < 1.29 is 19.1 Å². The molecule has 1 unspecified atom stereocenters. The SMILES string of the molecule is COC(=O)[C@]12CCC(C)(C)C[C@H]1C1=CC[C@@H]3[C@@]4(C)CC(C(=O)Nc5ccccc5)C(=O)C(C)(C)[C@@H]4CC[C@@]3(C)[C@]1(C)CC2. The molecule has 1 aromatic carbocycles. The normalized spacial score (nSPS) is 42.7. The number of Topliss-reactive ketones (excluding diaryl/α,β-unsaturated/α-hetero) is 1. The summed E-state index contributed by atoms with van der Waals surface area (Å²) in [5.74, 6) is 0.0489. The summed E-state index contributed by atoms with van der Waals surface area (Å²) in [5.41, 5.74) is 1.27. The van der Waals surface area contributed by atoms with Crippen LogP contribution in [0.2, 0.25) is 0 Å². The maximum absolute atomic E-state index is 14.0. The second kappa shape index (κ2) is 9.78. The number of carbonyl (C=O) groups excluding carboxylic acids is 3. The van der Waals surface area contributed by atoms with Crippen LogP contribution in [0, 0.1) is 56.2 Å². The third-order valence-corrected chi connectivity index (χ3v) is 14.3. The average molecular weight is 588 g/mol. The molecule has 43 heavy (non-hydrogen) atoms. The van der Waals surface area contributed by atoms with Gasteiger partial charge >= 0.3 is 5.97 Å². The lowest BCUT2D eigenvalue weighted by Gasteiger charge is -2.71. The van der Waals surface area contributed by atoms with Gasteiger partial charge in [-0.2, -0.15) is 0 Å². The van der Waals surface area contributed by atoms with Crippen molar-refractivity contribution in [2.75, 3.05) is 12.4 Å². The van der Waals surface area contributed by atoms with Crippen molar-refractivity contribution in [3.05, 3.63) is 42.0 Å². The molecule has 6 rings (SSSR count). The average Bonchev–Trinajstić information content (AvgIpc) is 2.95. The number of benzene rings is 1. The second-order valence-corrected chi connectivity index (χ2v) is 17.1. The fourth-order valence-electron chi connectivity index (χ4n) is 11.8. The maximum atomic E-state index is 14.0. The van der Waals surface area contributed by atoms with E-state index in [2.05, 4.69) is 59.9 Å². The minimum atomic E-state index is -0.658. The van der Waals surface area contributed by atoms with Gasteiger partial charge in [-0.1, -0.05) is 78.3 Å². The van der Waals surface area contributed by atoms with Crippen molar-refractivity contribution in [2.24, 2.45) is 56.2 Å². The summed E-state index contributed by atoms with van der Waals surface area (Å²) < 4.78 is 5.52. The van der Waals surface area contributed by atoms with Gasteiger partial charge in [-0.15, -0.1) is 0 Å². The van der Waals surface area contributed by atoms with E-state index >= 15 is 0 Å². The molecule has 0 aromatic heterocycles. The quantitative estimate of drug-likeness (QED) is 0.219. The summed E-state index contributed by atoms with van der Waals surface area (Å²) in [5, 5.41) is 3.07. The van der Waals surface area contributed by atoms with Crippen LogP contribution in [-0.2, 0) is 19.1 Å². The molecule has 0 heterocycles. The number of rotatable bonds is 3. The Balaban J connectivity index is 1.40. The first kappa shape index (κ1) is 30.6. The molecule has 0 spiro atoms. The van der Waals surface area contributed by atoms with Crippen molar-refractivity contribution in [2.45, 2.75) is 106 Å². The molecule has 0 aliphatic heterocycles. The fraction of sp³-hybridized carbons (Fsp3) is 0.711. The highest BCUT2D eigenvalue weighted by molar-refractivity contribution is 6.09. The maximum Gasteiger partial charge on any atom is 0.312 e. The number of nitrogens with one attached hydrogen (secondary N) is 1. The summed E-state index contributed by atoms with van der Waals surface area (Å²) in [6.45, 7) is 16.4. The number of amides is 1. The lowest BCUT2D eigenvalue weighted by molar-refractivity contribution is -0.195. The van der Waals surface area contributed by atoms with E-state index < -0.39 is 16.7 Å². The molecular formula is C38H53NO4. The first-order valence-electron chi connectivity index (χ1n) is 16.7. The summed E-state index contributed by atoms with van der Waals surface area (Å²) >= 11 is 0. The number of para-hydroxylation sites is 1. The molecule has 234 valence electrons. The minimum absolute atomic E-state index is 0.0151. The van der Waals surface area contributed by atoms with Gasteiger partial charge in [-0.25, -0.2) is 0 Å². The van der Waals surface area contributed by atoms with Crippen LogP contribution in [0.5, 0.6) is 0 Å². The highest BCUT2D eigenvalue weighted by atomic mass is 16.5. The van der Waals surface area contributed by atoms with Gasteiger partial charge in [0.05, 0.1) is 18.4 Å². The number of hydrogen-bond acceptors (Lipinski definition) is 4. The molecule has 0 saturated heterocycles. The summed E-state index contributed by atoms with van der Waals surface area (Å²) in [6, 6.07) is 9.52. The Morgan fingerprint density at radius 2 is 1.53 bits per heavy atom. The number of hydrogen-bond donors (Lipinski definition) is 1. The number of methoxy groups -OCH3 is 1. The Kier molecular flexibility index (Phi) is 6.96. The molecule has 8 atom stereocenters. The van der Waals surface area contributed by atoms with Crippen molar-refractivity contribution >= 4 is 23.3 Å². The number of ketones is 1. The van der Waals surface area contributed by atoms with E-state index in [4.69, 9.17) is 4.74 Å². The van der Waals surface area contributed by atoms with E-state index in [1.165, 1.54) is 5.57 Å². The van der Waals surface area contributed by atoms with E-state index in [0.717, 1.165) is 57.1 Å². The smallest absolute Gasteiger partial charge is 0.312 e. The van der Waals surface area contributed by atoms with Gasteiger partial charge in [0.2, 0.25) is 5.91 Å². The molecule has 4 fully saturated rings. The zero-order valence-corrected chi connectivity index (χ0v) is 27.8. The van der Waals surface area contributed by atoms with Crippen LogP contribution in [0.15, 0.2) is 42.0 Å². The van der Waals surface area contributed by atoms with Gasteiger partial charge < -0.3 is 10.1 Å². The topological polar surface area (TPSA) is 72.5 Å². The Morgan fingerprint density at radius 1 is 0.860 bits per heavy atom. The highest BCUT2D eigenvalue weighted by Gasteiger charge is 2.70. The van der Waals surface area contributed by atoms with Crippen LogP contribution in [0.3, 0.4) is 0 Å². The number of anilines is 1. The summed E-state index contributed by atoms with van der Waals surface area (Å²) in [7, 11) is 1.56. The highest BCUT2D eigenvalue weighted by Crippen LogP contribution is 2.75. The van der Waals surface area contributed by atoms with Crippen LogP contribution >= 0.6 is 0 Å². The van der Waals surface area contributed by atoms with E-state index in [0.29, 0.717) is 12.3 Å². The van der Waals surface area contributed by atoms with Crippen molar-refractivity contribution in [3.8, 4) is 0 Å². The van der Waals surface area contributed by atoms with Gasteiger partial charge in [0.25, 0.3) is 0 Å². The van der Waals surface area contributed by atoms with Crippen LogP contribution in [0.25, 0.3) is 0 Å². The van der Waals surface area contributed by atoms with Gasteiger partial charge in [-0.05, 0) is 109 Å². The second-order valence-electron chi connectivity index (χ2n) is 17.1. The van der Waals surface area contributed by atoms with Crippen LogP contribution in [-0.4, -0.2) is 24.8 Å². The first-order valence-corrected chi connectivity index (χ1v) is 16.7. The largest absolute Gasteiger partial charge is 0.469 e. The lowest BCUT2D eigenvalue weighted by Crippen LogP contribution is -2.66. The molecule has 5 nitrogen and oxygen atoms in total. The van der Waals surface area contributed by atoms with E-state index in [1.807, 2.05) is 30.3 Å². The lowest BCUT2D eigenvalue weighted by atomic mass is 9.33. The van der Waals surface area contributed by atoms with Gasteiger partial charge in [0.15, 0.2) is 5.78 Å². The molecule has 1 amide bonds. The number of esters is 1. The summed E-state index contributed by atoms with van der Waals surface area (Å²) in [6.07, 6.45) is 11.0. The van der Waals surface area contributed by atoms with Crippen molar-refractivity contribution in [1.29, 1.82) is 0 Å². The first-order chi connectivity index (χ1) is 20.1. The molecule has 5 aliphatic rings. The summed E-state index contributed by atoms with van der Waals surface area (Å²) in [4.78, 5) is 41.3. The molecule has 5 heteroatoms. The van der Waals surface area contributed by atoms with E-state index in [-0.39, 0.29) is 51.2 Å². The Hall–Kier alpha value is -2.43. The van der Waals surface area contributed by atoms with Gasteiger partial charge in [0, 0.05) is 11.1 Å².